The Kier molecular flexibility index (Phi) is 5.10. The molecule has 2 N–H and O–H groups in total. The molecule has 110 valence electrons. The summed E-state index contributed by atoms with van der Waals surface area (Å²) in [4.78, 5) is 11.0. The number of rotatable bonds is 4. The van der Waals surface area contributed by atoms with Gasteiger partial charge in [0, 0.05) is 18.3 Å². The van der Waals surface area contributed by atoms with Crippen LogP contribution < -0.4 is 10.6 Å². The van der Waals surface area contributed by atoms with Crippen LogP contribution in [0.1, 0.15) is 25.5 Å². The number of nitrogens with one attached hydrogen (secondary N) is 2. The lowest BCUT2D eigenvalue weighted by Crippen LogP contribution is -2.08. The van der Waals surface area contributed by atoms with Crippen molar-refractivity contribution in [2.75, 3.05) is 10.6 Å². The molecule has 2 aromatic rings. The van der Waals surface area contributed by atoms with Gasteiger partial charge in [0.25, 0.3) is 0 Å². The second kappa shape index (κ2) is 6.83. The average Bonchev–Trinajstić information content (AvgIpc) is 2.43. The highest BCUT2D eigenvalue weighted by Gasteiger charge is 2.11. The topological polar surface area (TPSA) is 41.1 Å². The van der Waals surface area contributed by atoms with Crippen LogP contribution in [0, 0.1) is 0 Å². The first-order valence-electron chi connectivity index (χ1n) is 6.55. The van der Waals surface area contributed by atoms with Crippen LogP contribution in [0.4, 0.5) is 11.4 Å². The van der Waals surface area contributed by atoms with Crippen LogP contribution in [-0.4, -0.2) is 5.91 Å². The predicted molar refractivity (Wildman–Crippen MR) is 89.2 cm³/mol. The molecule has 2 rings (SSSR count). The van der Waals surface area contributed by atoms with Gasteiger partial charge in [-0.2, -0.15) is 0 Å². The first-order chi connectivity index (χ1) is 9.97. The van der Waals surface area contributed by atoms with Crippen molar-refractivity contribution in [2.45, 2.75) is 19.9 Å². The van der Waals surface area contributed by atoms with Gasteiger partial charge in [-0.3, -0.25) is 4.79 Å². The number of hydrogen-bond acceptors (Lipinski definition) is 2. The standard InChI is InChI=1S/C16H16Cl2N2O/c1-10(14-4-3-5-15(17)16(14)18)19-12-6-8-13(9-7-12)20-11(2)21/h3-10,19H,1-2H3,(H,20,21). The van der Waals surface area contributed by atoms with Crippen molar-refractivity contribution in [3.05, 3.63) is 58.1 Å². The molecule has 21 heavy (non-hydrogen) atoms. The highest BCUT2D eigenvalue weighted by molar-refractivity contribution is 6.42. The highest BCUT2D eigenvalue weighted by atomic mass is 35.5. The van der Waals surface area contributed by atoms with Crippen molar-refractivity contribution in [2.24, 2.45) is 0 Å². The fourth-order valence-corrected chi connectivity index (χ4v) is 2.51. The monoisotopic (exact) mass is 322 g/mol. The summed E-state index contributed by atoms with van der Waals surface area (Å²) in [6.45, 7) is 3.49. The first-order valence-corrected chi connectivity index (χ1v) is 7.31. The molecular weight excluding hydrogens is 307 g/mol. The molecule has 0 aliphatic carbocycles. The number of carbonyl (C=O) groups is 1. The lowest BCUT2D eigenvalue weighted by Gasteiger charge is -2.18. The van der Waals surface area contributed by atoms with Crippen LogP contribution >= 0.6 is 23.2 Å². The van der Waals surface area contributed by atoms with Crippen molar-refractivity contribution < 1.29 is 4.79 Å². The Morgan fingerprint density at radius 2 is 1.67 bits per heavy atom. The maximum Gasteiger partial charge on any atom is 0.221 e. The van der Waals surface area contributed by atoms with Crippen LogP contribution in [-0.2, 0) is 4.79 Å². The lowest BCUT2D eigenvalue weighted by molar-refractivity contribution is -0.114. The van der Waals surface area contributed by atoms with E-state index in [1.807, 2.05) is 43.3 Å². The van der Waals surface area contributed by atoms with Gasteiger partial charge < -0.3 is 10.6 Å². The number of hydrogen-bond donors (Lipinski definition) is 2. The fraction of sp³-hybridized carbons (Fsp3) is 0.188. The molecule has 0 aliphatic rings. The third kappa shape index (κ3) is 4.13. The molecule has 3 nitrogen and oxygen atoms in total. The van der Waals surface area contributed by atoms with Crippen LogP contribution in [0.5, 0.6) is 0 Å². The molecule has 0 aliphatic heterocycles. The summed E-state index contributed by atoms with van der Waals surface area (Å²) in [7, 11) is 0. The van der Waals surface area contributed by atoms with Gasteiger partial charge in [0.05, 0.1) is 16.1 Å². The second-order valence-electron chi connectivity index (χ2n) is 4.77. The number of benzene rings is 2. The Morgan fingerprint density at radius 1 is 1.05 bits per heavy atom. The number of anilines is 2. The van der Waals surface area contributed by atoms with E-state index in [-0.39, 0.29) is 11.9 Å². The number of amides is 1. The summed E-state index contributed by atoms with van der Waals surface area (Å²) in [5.41, 5.74) is 2.64. The van der Waals surface area contributed by atoms with Crippen LogP contribution in [0.3, 0.4) is 0 Å². The van der Waals surface area contributed by atoms with Crippen molar-refractivity contribution in [1.29, 1.82) is 0 Å². The smallest absolute Gasteiger partial charge is 0.221 e. The molecule has 1 unspecified atom stereocenters. The first kappa shape index (κ1) is 15.7. The molecule has 2 aromatic carbocycles. The molecule has 5 heteroatoms. The van der Waals surface area contributed by atoms with E-state index in [0.717, 1.165) is 16.9 Å². The number of carbonyl (C=O) groups excluding carboxylic acids is 1. The van der Waals surface area contributed by atoms with E-state index >= 15 is 0 Å². The molecule has 0 aromatic heterocycles. The second-order valence-corrected chi connectivity index (χ2v) is 5.55. The Labute approximate surface area is 134 Å². The Morgan fingerprint density at radius 3 is 2.29 bits per heavy atom. The molecule has 0 heterocycles. The minimum atomic E-state index is -0.0882. The summed E-state index contributed by atoms with van der Waals surface area (Å²) in [6, 6.07) is 13.1. The van der Waals surface area contributed by atoms with E-state index in [0.29, 0.717) is 10.0 Å². The van der Waals surface area contributed by atoms with Gasteiger partial charge >= 0.3 is 0 Å². The Hall–Kier alpha value is -1.71. The minimum absolute atomic E-state index is 0.0165. The van der Waals surface area contributed by atoms with Crippen LogP contribution in [0.25, 0.3) is 0 Å². The van der Waals surface area contributed by atoms with Crippen molar-refractivity contribution in [3.63, 3.8) is 0 Å². The molecule has 0 fully saturated rings. The summed E-state index contributed by atoms with van der Waals surface area (Å²) in [6.07, 6.45) is 0. The predicted octanol–water partition coefficient (Wildman–Crippen LogP) is 5.12. The zero-order chi connectivity index (χ0) is 15.4. The van der Waals surface area contributed by atoms with E-state index in [2.05, 4.69) is 10.6 Å². The zero-order valence-corrected chi connectivity index (χ0v) is 13.3. The fourth-order valence-electron chi connectivity index (χ4n) is 2.04. The molecule has 0 saturated carbocycles. The Balaban J connectivity index is 2.10. The third-order valence-corrected chi connectivity index (χ3v) is 3.87. The maximum absolute atomic E-state index is 11.0. The van der Waals surface area contributed by atoms with E-state index in [1.165, 1.54) is 6.92 Å². The van der Waals surface area contributed by atoms with Gasteiger partial charge in [0.15, 0.2) is 0 Å². The highest BCUT2D eigenvalue weighted by Crippen LogP contribution is 2.31. The molecule has 0 radical (unpaired) electrons. The summed E-state index contributed by atoms with van der Waals surface area (Å²) < 4.78 is 0. The summed E-state index contributed by atoms with van der Waals surface area (Å²) in [5, 5.41) is 7.19. The molecule has 0 saturated heterocycles. The van der Waals surface area contributed by atoms with E-state index in [1.54, 1.807) is 6.07 Å². The van der Waals surface area contributed by atoms with Gasteiger partial charge in [-0.1, -0.05) is 35.3 Å². The maximum atomic E-state index is 11.0. The molecular formula is C16H16Cl2N2O. The van der Waals surface area contributed by atoms with E-state index in [4.69, 9.17) is 23.2 Å². The van der Waals surface area contributed by atoms with Crippen molar-refractivity contribution >= 4 is 40.5 Å². The van der Waals surface area contributed by atoms with Crippen LogP contribution in [0.15, 0.2) is 42.5 Å². The van der Waals surface area contributed by atoms with Crippen molar-refractivity contribution in [1.82, 2.24) is 0 Å². The van der Waals surface area contributed by atoms with Gasteiger partial charge in [-0.15, -0.1) is 0 Å². The van der Waals surface area contributed by atoms with Gasteiger partial charge in [0.1, 0.15) is 0 Å². The third-order valence-electron chi connectivity index (χ3n) is 3.04. The van der Waals surface area contributed by atoms with Gasteiger partial charge in [-0.05, 0) is 42.8 Å². The molecule has 0 bridgehead atoms. The summed E-state index contributed by atoms with van der Waals surface area (Å²) >= 11 is 12.2. The van der Waals surface area contributed by atoms with E-state index < -0.39 is 0 Å². The average molecular weight is 323 g/mol. The van der Waals surface area contributed by atoms with Gasteiger partial charge in [0.2, 0.25) is 5.91 Å². The minimum Gasteiger partial charge on any atom is -0.378 e. The Bertz CT molecular complexity index is 641. The molecule has 0 spiro atoms. The van der Waals surface area contributed by atoms with E-state index in [9.17, 15) is 4.79 Å². The summed E-state index contributed by atoms with van der Waals surface area (Å²) in [5.74, 6) is -0.0882. The van der Waals surface area contributed by atoms with Crippen molar-refractivity contribution in [3.8, 4) is 0 Å². The largest absolute Gasteiger partial charge is 0.378 e. The normalized spacial score (nSPS) is 11.8. The van der Waals surface area contributed by atoms with Crippen LogP contribution in [0.2, 0.25) is 10.0 Å². The lowest BCUT2D eigenvalue weighted by atomic mass is 10.1. The quantitative estimate of drug-likeness (QED) is 0.819. The SMILES string of the molecule is CC(=O)Nc1ccc(NC(C)c2cccc(Cl)c2Cl)cc1. The zero-order valence-electron chi connectivity index (χ0n) is 11.8. The molecule has 1 amide bonds. The number of halogens is 2. The van der Waals surface area contributed by atoms with Gasteiger partial charge in [-0.25, -0.2) is 0 Å². The molecule has 1 atom stereocenters.